The minimum absolute atomic E-state index is 0. The molecular weight excluding hydrogens is 518 g/mol. The normalized spacial score (nSPS) is 12.1. The van der Waals surface area contributed by atoms with Crippen LogP contribution >= 0.6 is 24.0 Å². The molecule has 0 saturated heterocycles. The molecule has 0 aromatic heterocycles. The minimum Gasteiger partial charge on any atom is -0.357 e. The van der Waals surface area contributed by atoms with Crippen LogP contribution in [0.3, 0.4) is 0 Å². The van der Waals surface area contributed by atoms with Gasteiger partial charge in [0.1, 0.15) is 5.82 Å². The molecule has 0 aliphatic heterocycles. The van der Waals surface area contributed by atoms with E-state index in [9.17, 15) is 12.8 Å². The molecule has 30 heavy (non-hydrogen) atoms. The van der Waals surface area contributed by atoms with Crippen LogP contribution in [0.15, 0.2) is 53.5 Å². The Morgan fingerprint density at radius 2 is 1.80 bits per heavy atom. The van der Waals surface area contributed by atoms with Gasteiger partial charge in [0.15, 0.2) is 5.96 Å². The van der Waals surface area contributed by atoms with Gasteiger partial charge in [-0.05, 0) is 36.2 Å². The number of aliphatic imine (C=N–C) groups is 1. The number of rotatable bonds is 8. The zero-order chi connectivity index (χ0) is 21.5. The Morgan fingerprint density at radius 3 is 2.43 bits per heavy atom. The fourth-order valence-electron chi connectivity index (χ4n) is 2.78. The Morgan fingerprint density at radius 1 is 1.10 bits per heavy atom. The second kappa shape index (κ2) is 11.5. The quantitative estimate of drug-likeness (QED) is 0.266. The number of nitrogens with zero attached hydrogens (tertiary/aromatic N) is 1. The van der Waals surface area contributed by atoms with Gasteiger partial charge < -0.3 is 10.6 Å². The molecule has 0 bridgehead atoms. The second-order valence-corrected chi connectivity index (χ2v) is 9.22. The van der Waals surface area contributed by atoms with Crippen LogP contribution in [0, 0.1) is 5.82 Å². The smallest absolute Gasteiger partial charge is 0.229 e. The maximum atomic E-state index is 13.6. The van der Waals surface area contributed by atoms with E-state index in [1.807, 2.05) is 39.0 Å². The van der Waals surface area contributed by atoms with Gasteiger partial charge in [-0.25, -0.2) is 17.8 Å². The molecule has 0 aliphatic rings. The highest BCUT2D eigenvalue weighted by Gasteiger charge is 2.21. The van der Waals surface area contributed by atoms with Crippen molar-refractivity contribution in [1.29, 1.82) is 0 Å². The zero-order valence-electron chi connectivity index (χ0n) is 17.7. The lowest BCUT2D eigenvalue weighted by Crippen LogP contribution is -2.43. The fraction of sp³-hybridized carbons (Fsp3) is 0.381. The molecule has 2 aromatic carbocycles. The van der Waals surface area contributed by atoms with Crippen molar-refractivity contribution in [1.82, 2.24) is 10.6 Å². The lowest BCUT2D eigenvalue weighted by molar-refractivity contribution is 0.503. The predicted octanol–water partition coefficient (Wildman–Crippen LogP) is 3.85. The van der Waals surface area contributed by atoms with Crippen LogP contribution in [-0.2, 0) is 22.0 Å². The number of hydrogen-bond donors (Lipinski definition) is 3. The Labute approximate surface area is 195 Å². The molecule has 0 heterocycles. The van der Waals surface area contributed by atoms with Crippen LogP contribution in [0.2, 0.25) is 0 Å². The van der Waals surface area contributed by atoms with E-state index in [4.69, 9.17) is 0 Å². The van der Waals surface area contributed by atoms with Crippen LogP contribution in [-0.4, -0.2) is 33.7 Å². The van der Waals surface area contributed by atoms with Gasteiger partial charge in [0.05, 0.1) is 18.5 Å². The Balaban J connectivity index is 0.00000450. The van der Waals surface area contributed by atoms with E-state index >= 15 is 0 Å². The Bertz CT molecular complexity index is 965. The van der Waals surface area contributed by atoms with Crippen molar-refractivity contribution in [2.45, 2.75) is 32.7 Å². The summed E-state index contributed by atoms with van der Waals surface area (Å²) in [5.74, 6) is 0.345. The standard InChI is InChI=1S/C21H29FN4O2S.HI/c1-5-23-20(25-15-21(2,3)17-10-8-11-18(22)13-17)24-14-16-9-6-7-12-19(16)26-29(4,27)28;/h6-13,26H,5,14-15H2,1-4H3,(H2,23,24,25);1H. The van der Waals surface area contributed by atoms with Gasteiger partial charge in [0.25, 0.3) is 0 Å². The summed E-state index contributed by atoms with van der Waals surface area (Å²) >= 11 is 0. The second-order valence-electron chi connectivity index (χ2n) is 7.47. The van der Waals surface area contributed by atoms with E-state index < -0.39 is 10.0 Å². The molecule has 0 saturated carbocycles. The molecule has 2 aromatic rings. The molecule has 0 fully saturated rings. The summed E-state index contributed by atoms with van der Waals surface area (Å²) in [6, 6.07) is 13.7. The van der Waals surface area contributed by atoms with Gasteiger partial charge in [-0.1, -0.05) is 44.2 Å². The van der Waals surface area contributed by atoms with Gasteiger partial charge in [0.2, 0.25) is 10.0 Å². The molecule has 0 atom stereocenters. The third-order valence-corrected chi connectivity index (χ3v) is 4.96. The molecule has 0 aliphatic carbocycles. The molecule has 0 radical (unpaired) electrons. The summed E-state index contributed by atoms with van der Waals surface area (Å²) in [5.41, 5.74) is 1.85. The first kappa shape index (κ1) is 26.2. The maximum Gasteiger partial charge on any atom is 0.229 e. The van der Waals surface area contributed by atoms with E-state index in [1.165, 1.54) is 6.07 Å². The molecule has 0 spiro atoms. The number of benzene rings is 2. The van der Waals surface area contributed by atoms with Gasteiger partial charge in [-0.3, -0.25) is 4.72 Å². The SMILES string of the molecule is CCNC(=NCc1ccccc1NS(C)(=O)=O)NCC(C)(C)c1cccc(F)c1.I. The molecule has 3 N–H and O–H groups in total. The Kier molecular flexibility index (Phi) is 10.0. The van der Waals surface area contributed by atoms with Crippen molar-refractivity contribution in [3.63, 3.8) is 0 Å². The number of halogens is 2. The van der Waals surface area contributed by atoms with Crippen molar-refractivity contribution in [3.05, 3.63) is 65.5 Å². The van der Waals surface area contributed by atoms with Gasteiger partial charge in [-0.2, -0.15) is 0 Å². The molecule has 0 unspecified atom stereocenters. The lowest BCUT2D eigenvalue weighted by atomic mass is 9.84. The van der Waals surface area contributed by atoms with E-state index in [0.717, 1.165) is 17.4 Å². The van der Waals surface area contributed by atoms with Crippen molar-refractivity contribution < 1.29 is 12.8 Å². The fourth-order valence-corrected chi connectivity index (χ4v) is 3.38. The van der Waals surface area contributed by atoms with Crippen molar-refractivity contribution in [3.8, 4) is 0 Å². The van der Waals surface area contributed by atoms with Gasteiger partial charge in [0, 0.05) is 18.5 Å². The predicted molar refractivity (Wildman–Crippen MR) is 133 cm³/mol. The molecule has 166 valence electrons. The largest absolute Gasteiger partial charge is 0.357 e. The average Bonchev–Trinajstić information content (AvgIpc) is 2.64. The first-order valence-corrected chi connectivity index (χ1v) is 11.3. The molecule has 6 nitrogen and oxygen atoms in total. The number of guanidine groups is 1. The van der Waals surface area contributed by atoms with E-state index in [-0.39, 0.29) is 35.2 Å². The zero-order valence-corrected chi connectivity index (χ0v) is 20.8. The molecular formula is C21H30FIN4O2S. The average molecular weight is 548 g/mol. The maximum absolute atomic E-state index is 13.6. The summed E-state index contributed by atoms with van der Waals surface area (Å²) in [5, 5.41) is 6.48. The first-order chi connectivity index (χ1) is 13.6. The van der Waals surface area contributed by atoms with E-state index in [0.29, 0.717) is 31.3 Å². The minimum atomic E-state index is -3.37. The molecule has 2 rings (SSSR count). The lowest BCUT2D eigenvalue weighted by Gasteiger charge is -2.27. The number of sulfonamides is 1. The van der Waals surface area contributed by atoms with Gasteiger partial charge in [-0.15, -0.1) is 24.0 Å². The van der Waals surface area contributed by atoms with Crippen LogP contribution in [0.25, 0.3) is 0 Å². The highest BCUT2D eigenvalue weighted by atomic mass is 127. The number of nitrogens with one attached hydrogen (secondary N) is 3. The highest BCUT2D eigenvalue weighted by Crippen LogP contribution is 2.23. The third-order valence-electron chi connectivity index (χ3n) is 4.37. The highest BCUT2D eigenvalue weighted by molar-refractivity contribution is 14.0. The summed E-state index contributed by atoms with van der Waals surface area (Å²) in [6.07, 6.45) is 1.12. The van der Waals surface area contributed by atoms with Crippen molar-refractivity contribution >= 4 is 45.6 Å². The summed E-state index contributed by atoms with van der Waals surface area (Å²) in [4.78, 5) is 4.57. The van der Waals surface area contributed by atoms with Crippen molar-refractivity contribution in [2.75, 3.05) is 24.1 Å². The van der Waals surface area contributed by atoms with Crippen LogP contribution in [0.1, 0.15) is 31.9 Å². The van der Waals surface area contributed by atoms with E-state index in [2.05, 4.69) is 20.3 Å². The summed E-state index contributed by atoms with van der Waals surface area (Å²) < 4.78 is 39.2. The van der Waals surface area contributed by atoms with Crippen molar-refractivity contribution in [2.24, 2.45) is 4.99 Å². The van der Waals surface area contributed by atoms with Gasteiger partial charge >= 0.3 is 0 Å². The number of hydrogen-bond acceptors (Lipinski definition) is 3. The Hall–Kier alpha value is -1.88. The number of anilines is 1. The first-order valence-electron chi connectivity index (χ1n) is 9.44. The third kappa shape index (κ3) is 8.47. The molecule has 9 heteroatoms. The van der Waals surface area contributed by atoms with Crippen LogP contribution < -0.4 is 15.4 Å². The summed E-state index contributed by atoms with van der Waals surface area (Å²) in [6.45, 7) is 7.55. The van der Waals surface area contributed by atoms with E-state index in [1.54, 1.807) is 24.3 Å². The van der Waals surface area contributed by atoms with Crippen LogP contribution in [0.4, 0.5) is 10.1 Å². The van der Waals surface area contributed by atoms with Crippen LogP contribution in [0.5, 0.6) is 0 Å². The summed E-state index contributed by atoms with van der Waals surface area (Å²) in [7, 11) is -3.37. The topological polar surface area (TPSA) is 82.6 Å². The monoisotopic (exact) mass is 548 g/mol. The molecule has 0 amide bonds. The number of para-hydroxylation sites is 1.